The zero-order chi connectivity index (χ0) is 14.4. The van der Waals surface area contributed by atoms with Crippen molar-refractivity contribution < 1.29 is 0 Å². The van der Waals surface area contributed by atoms with Crippen molar-refractivity contribution >= 4 is 11.8 Å². The van der Waals surface area contributed by atoms with Crippen LogP contribution in [0.2, 0.25) is 0 Å². The van der Waals surface area contributed by atoms with Gasteiger partial charge < -0.3 is 5.73 Å². The molecule has 0 radical (unpaired) electrons. The average molecular weight is 282 g/mol. The molecule has 0 aliphatic carbocycles. The van der Waals surface area contributed by atoms with Crippen LogP contribution < -0.4 is 5.73 Å². The first-order valence-corrected chi connectivity index (χ1v) is 7.58. The highest BCUT2D eigenvalue weighted by Gasteiger charge is 2.26. The predicted octanol–water partition coefficient (Wildman–Crippen LogP) is 3.86. The molecule has 0 saturated heterocycles. The minimum Gasteiger partial charge on any atom is -0.310 e. The molecule has 20 heavy (non-hydrogen) atoms. The molecule has 2 rings (SSSR count). The van der Waals surface area contributed by atoms with Crippen LogP contribution in [0.15, 0.2) is 59.5 Å². The van der Waals surface area contributed by atoms with Gasteiger partial charge in [0.15, 0.2) is 0 Å². The molecule has 2 aromatic carbocycles. The maximum atomic E-state index is 9.39. The summed E-state index contributed by atoms with van der Waals surface area (Å²) >= 11 is 1.73. The SMILES string of the molecule is Cc1ccc(SCCC(N)(C#N)c2ccccc2)cc1. The van der Waals surface area contributed by atoms with Crippen molar-refractivity contribution in [2.45, 2.75) is 23.8 Å². The van der Waals surface area contributed by atoms with Crippen LogP contribution in [0.25, 0.3) is 0 Å². The van der Waals surface area contributed by atoms with Crippen LogP contribution in [0, 0.1) is 18.3 Å². The van der Waals surface area contributed by atoms with E-state index < -0.39 is 5.54 Å². The average Bonchev–Trinajstić information content (AvgIpc) is 2.50. The highest BCUT2D eigenvalue weighted by molar-refractivity contribution is 7.99. The van der Waals surface area contributed by atoms with E-state index in [1.807, 2.05) is 30.3 Å². The van der Waals surface area contributed by atoms with Gasteiger partial charge in [0.2, 0.25) is 0 Å². The Labute approximate surface area is 124 Å². The number of benzene rings is 2. The largest absolute Gasteiger partial charge is 0.310 e. The van der Waals surface area contributed by atoms with Gasteiger partial charge in [-0.05, 0) is 31.0 Å². The Kier molecular flexibility index (Phi) is 4.84. The number of aryl methyl sites for hydroxylation is 1. The molecule has 1 unspecified atom stereocenters. The van der Waals surface area contributed by atoms with Crippen molar-refractivity contribution in [1.29, 1.82) is 5.26 Å². The summed E-state index contributed by atoms with van der Waals surface area (Å²) in [5.41, 5.74) is 7.46. The van der Waals surface area contributed by atoms with Crippen LogP contribution in [0.3, 0.4) is 0 Å². The second-order valence-electron chi connectivity index (χ2n) is 4.86. The van der Waals surface area contributed by atoms with Crippen molar-refractivity contribution in [2.24, 2.45) is 5.73 Å². The van der Waals surface area contributed by atoms with Crippen molar-refractivity contribution in [3.8, 4) is 6.07 Å². The Balaban J connectivity index is 1.98. The molecule has 102 valence electrons. The van der Waals surface area contributed by atoms with E-state index in [4.69, 9.17) is 5.73 Å². The molecule has 0 amide bonds. The second-order valence-corrected chi connectivity index (χ2v) is 6.03. The molecule has 0 aliphatic rings. The Bertz CT molecular complexity index is 587. The van der Waals surface area contributed by atoms with Crippen molar-refractivity contribution in [1.82, 2.24) is 0 Å². The minimum atomic E-state index is -0.904. The van der Waals surface area contributed by atoms with E-state index in [1.165, 1.54) is 10.5 Å². The zero-order valence-electron chi connectivity index (χ0n) is 11.5. The first kappa shape index (κ1) is 14.6. The van der Waals surface area contributed by atoms with Crippen LogP contribution in [0.1, 0.15) is 17.5 Å². The highest BCUT2D eigenvalue weighted by atomic mass is 32.2. The van der Waals surface area contributed by atoms with Gasteiger partial charge in [0.1, 0.15) is 5.54 Å². The second kappa shape index (κ2) is 6.60. The van der Waals surface area contributed by atoms with Crippen LogP contribution in [0.5, 0.6) is 0 Å². The monoisotopic (exact) mass is 282 g/mol. The molecular formula is C17H18N2S. The van der Waals surface area contributed by atoms with Crippen molar-refractivity contribution in [3.05, 3.63) is 65.7 Å². The summed E-state index contributed by atoms with van der Waals surface area (Å²) in [5.74, 6) is 0.821. The first-order valence-electron chi connectivity index (χ1n) is 6.59. The van der Waals surface area contributed by atoms with Gasteiger partial charge in [0.05, 0.1) is 6.07 Å². The molecule has 2 nitrogen and oxygen atoms in total. The number of thioether (sulfide) groups is 1. The maximum Gasteiger partial charge on any atom is 0.130 e. The fraction of sp³-hybridized carbons (Fsp3) is 0.235. The van der Waals surface area contributed by atoms with Gasteiger partial charge in [-0.25, -0.2) is 0 Å². The molecule has 1 atom stereocenters. The Morgan fingerprint density at radius 2 is 1.75 bits per heavy atom. The summed E-state index contributed by atoms with van der Waals surface area (Å²) in [5, 5.41) is 9.39. The maximum absolute atomic E-state index is 9.39. The molecule has 0 aliphatic heterocycles. The summed E-state index contributed by atoms with van der Waals surface area (Å²) < 4.78 is 0. The molecule has 2 aromatic rings. The van der Waals surface area contributed by atoms with E-state index in [0.717, 1.165) is 11.3 Å². The van der Waals surface area contributed by atoms with Crippen LogP contribution >= 0.6 is 11.8 Å². The van der Waals surface area contributed by atoms with E-state index in [1.54, 1.807) is 11.8 Å². The third-order valence-electron chi connectivity index (χ3n) is 3.27. The summed E-state index contributed by atoms with van der Waals surface area (Å²) in [6.45, 7) is 2.07. The number of hydrogen-bond acceptors (Lipinski definition) is 3. The fourth-order valence-electron chi connectivity index (χ4n) is 1.96. The number of nitrogens with two attached hydrogens (primary N) is 1. The number of nitriles is 1. The molecule has 0 spiro atoms. The van der Waals surface area contributed by atoms with Crippen molar-refractivity contribution in [3.63, 3.8) is 0 Å². The van der Waals surface area contributed by atoms with Gasteiger partial charge in [-0.3, -0.25) is 0 Å². The van der Waals surface area contributed by atoms with Gasteiger partial charge in [-0.15, -0.1) is 11.8 Å². The zero-order valence-corrected chi connectivity index (χ0v) is 12.4. The molecule has 0 bridgehead atoms. The Hall–Kier alpha value is -1.76. The van der Waals surface area contributed by atoms with Crippen LogP contribution in [-0.2, 0) is 5.54 Å². The van der Waals surface area contributed by atoms with Gasteiger partial charge >= 0.3 is 0 Å². The molecule has 0 heterocycles. The molecule has 0 aromatic heterocycles. The third kappa shape index (κ3) is 3.63. The smallest absolute Gasteiger partial charge is 0.130 e. The van der Waals surface area contributed by atoms with Crippen molar-refractivity contribution in [2.75, 3.05) is 5.75 Å². The Morgan fingerprint density at radius 1 is 1.10 bits per heavy atom. The van der Waals surface area contributed by atoms with Gasteiger partial charge in [0.25, 0.3) is 0 Å². The molecule has 2 N–H and O–H groups in total. The highest BCUT2D eigenvalue weighted by Crippen LogP contribution is 2.26. The minimum absolute atomic E-state index is 0.631. The number of rotatable bonds is 5. The van der Waals surface area contributed by atoms with Crippen LogP contribution in [0.4, 0.5) is 0 Å². The molecule has 0 saturated carbocycles. The number of nitrogens with zero attached hydrogens (tertiary/aromatic N) is 1. The summed E-state index contributed by atoms with van der Waals surface area (Å²) in [7, 11) is 0. The first-order chi connectivity index (χ1) is 9.64. The standard InChI is InChI=1S/C17H18N2S/c1-14-7-9-16(10-8-14)20-12-11-17(19,13-18)15-5-3-2-4-6-15/h2-10H,11-12,19H2,1H3. The lowest BCUT2D eigenvalue weighted by Crippen LogP contribution is -2.35. The van der Waals surface area contributed by atoms with Crippen LogP contribution in [-0.4, -0.2) is 5.75 Å². The van der Waals surface area contributed by atoms with Gasteiger partial charge in [0, 0.05) is 10.6 Å². The Morgan fingerprint density at radius 3 is 2.35 bits per heavy atom. The quantitative estimate of drug-likeness (QED) is 0.847. The topological polar surface area (TPSA) is 49.8 Å². The fourth-order valence-corrected chi connectivity index (χ4v) is 2.95. The predicted molar refractivity (Wildman–Crippen MR) is 84.4 cm³/mol. The summed E-state index contributed by atoms with van der Waals surface area (Å²) in [6.07, 6.45) is 0.631. The van der Waals surface area contributed by atoms with E-state index in [2.05, 4.69) is 37.3 Å². The summed E-state index contributed by atoms with van der Waals surface area (Å²) in [4.78, 5) is 1.21. The van der Waals surface area contributed by atoms with Gasteiger partial charge in [-0.2, -0.15) is 5.26 Å². The lowest BCUT2D eigenvalue weighted by atomic mass is 9.90. The van der Waals surface area contributed by atoms with E-state index in [9.17, 15) is 5.26 Å². The summed E-state index contributed by atoms with van der Waals surface area (Å²) in [6, 6.07) is 20.3. The third-order valence-corrected chi connectivity index (χ3v) is 4.29. The normalized spacial score (nSPS) is 13.4. The van der Waals surface area contributed by atoms with E-state index >= 15 is 0 Å². The van der Waals surface area contributed by atoms with E-state index in [0.29, 0.717) is 6.42 Å². The lowest BCUT2D eigenvalue weighted by Gasteiger charge is -2.21. The number of hydrogen-bond donors (Lipinski definition) is 1. The lowest BCUT2D eigenvalue weighted by molar-refractivity contribution is 0.560. The molecule has 0 fully saturated rings. The molecular weight excluding hydrogens is 264 g/mol. The van der Waals surface area contributed by atoms with E-state index in [-0.39, 0.29) is 0 Å². The van der Waals surface area contributed by atoms with Gasteiger partial charge in [-0.1, -0.05) is 48.0 Å². The molecule has 3 heteroatoms.